The molecule has 1 N–H and O–H groups in total. The summed E-state index contributed by atoms with van der Waals surface area (Å²) in [6.45, 7) is 9.06. The van der Waals surface area contributed by atoms with Gasteiger partial charge in [0.2, 0.25) is 0 Å². The fourth-order valence-corrected chi connectivity index (χ4v) is 1.85. The van der Waals surface area contributed by atoms with E-state index in [9.17, 15) is 5.11 Å². The first kappa shape index (κ1) is 13.9. The van der Waals surface area contributed by atoms with Gasteiger partial charge in [0.1, 0.15) is 0 Å². The van der Waals surface area contributed by atoms with Gasteiger partial charge in [-0.2, -0.15) is 0 Å². The molecule has 1 saturated carbocycles. The Hall–Kier alpha value is -0.120. The van der Waals surface area contributed by atoms with Gasteiger partial charge < -0.3 is 9.84 Å². The van der Waals surface area contributed by atoms with Crippen molar-refractivity contribution in [3.05, 3.63) is 0 Å². The molecule has 0 aromatic carbocycles. The Morgan fingerprint density at radius 2 is 1.94 bits per heavy atom. The van der Waals surface area contributed by atoms with Crippen molar-refractivity contribution in [3.63, 3.8) is 0 Å². The van der Waals surface area contributed by atoms with Crippen molar-refractivity contribution in [1.82, 2.24) is 4.90 Å². The SMILES string of the molecule is COCCN(CCC(O)C(C)(C)C)C1CC1. The summed E-state index contributed by atoms with van der Waals surface area (Å²) in [6, 6.07) is 0.752. The number of rotatable bonds is 7. The van der Waals surface area contributed by atoms with Crippen LogP contribution in [-0.4, -0.2) is 49.0 Å². The molecule has 0 heterocycles. The highest BCUT2D eigenvalue weighted by Crippen LogP contribution is 2.28. The number of aliphatic hydroxyl groups is 1. The Labute approximate surface area is 99.8 Å². The number of hydrogen-bond acceptors (Lipinski definition) is 3. The molecular formula is C13H27NO2. The highest BCUT2D eigenvalue weighted by molar-refractivity contribution is 4.85. The Balaban J connectivity index is 2.26. The van der Waals surface area contributed by atoms with Gasteiger partial charge in [0.15, 0.2) is 0 Å². The third kappa shape index (κ3) is 4.81. The summed E-state index contributed by atoms with van der Waals surface area (Å²) in [5, 5.41) is 10.0. The van der Waals surface area contributed by atoms with Crippen LogP contribution in [0, 0.1) is 5.41 Å². The molecular weight excluding hydrogens is 202 g/mol. The minimum Gasteiger partial charge on any atom is -0.393 e. The predicted molar refractivity (Wildman–Crippen MR) is 66.5 cm³/mol. The lowest BCUT2D eigenvalue weighted by molar-refractivity contribution is 0.0414. The number of hydrogen-bond donors (Lipinski definition) is 1. The number of methoxy groups -OCH3 is 1. The van der Waals surface area contributed by atoms with Crippen molar-refractivity contribution in [2.75, 3.05) is 26.8 Å². The summed E-state index contributed by atoms with van der Waals surface area (Å²) in [7, 11) is 1.75. The standard InChI is InChI=1S/C13H27NO2/c1-13(2,3)12(15)7-8-14(9-10-16-4)11-5-6-11/h11-12,15H,5-10H2,1-4H3. The summed E-state index contributed by atoms with van der Waals surface area (Å²) in [5.74, 6) is 0. The zero-order valence-electron chi connectivity index (χ0n) is 11.2. The Morgan fingerprint density at radius 3 is 2.38 bits per heavy atom. The quantitative estimate of drug-likeness (QED) is 0.723. The molecule has 1 aliphatic carbocycles. The van der Waals surface area contributed by atoms with E-state index in [0.717, 1.165) is 32.2 Å². The molecule has 1 fully saturated rings. The zero-order valence-corrected chi connectivity index (χ0v) is 11.2. The molecule has 0 spiro atoms. The van der Waals surface area contributed by atoms with Gasteiger partial charge in [-0.05, 0) is 24.7 Å². The molecule has 0 aromatic heterocycles. The average Bonchev–Trinajstić information content (AvgIpc) is 2.99. The van der Waals surface area contributed by atoms with Crippen molar-refractivity contribution in [2.24, 2.45) is 5.41 Å². The highest BCUT2D eigenvalue weighted by Gasteiger charge is 2.30. The van der Waals surface area contributed by atoms with Crippen molar-refractivity contribution >= 4 is 0 Å². The molecule has 3 nitrogen and oxygen atoms in total. The van der Waals surface area contributed by atoms with Gasteiger partial charge in [0, 0.05) is 26.2 Å². The van der Waals surface area contributed by atoms with Gasteiger partial charge in [-0.3, -0.25) is 4.90 Å². The van der Waals surface area contributed by atoms with Crippen molar-refractivity contribution in [3.8, 4) is 0 Å². The summed E-state index contributed by atoms with van der Waals surface area (Å²) < 4.78 is 5.12. The number of ether oxygens (including phenoxy) is 1. The topological polar surface area (TPSA) is 32.7 Å². The van der Waals surface area contributed by atoms with Gasteiger partial charge >= 0.3 is 0 Å². The number of aliphatic hydroxyl groups excluding tert-OH is 1. The molecule has 0 amide bonds. The molecule has 3 heteroatoms. The number of nitrogens with zero attached hydrogens (tertiary/aromatic N) is 1. The van der Waals surface area contributed by atoms with E-state index in [-0.39, 0.29) is 11.5 Å². The molecule has 96 valence electrons. The van der Waals surface area contributed by atoms with Crippen LogP contribution in [0.15, 0.2) is 0 Å². The van der Waals surface area contributed by atoms with Crippen LogP contribution in [0.2, 0.25) is 0 Å². The van der Waals surface area contributed by atoms with Crippen LogP contribution >= 0.6 is 0 Å². The van der Waals surface area contributed by atoms with E-state index in [0.29, 0.717) is 0 Å². The van der Waals surface area contributed by atoms with Gasteiger partial charge in [0.25, 0.3) is 0 Å². The average molecular weight is 229 g/mol. The van der Waals surface area contributed by atoms with E-state index in [1.165, 1.54) is 12.8 Å². The van der Waals surface area contributed by atoms with Crippen LogP contribution < -0.4 is 0 Å². The molecule has 0 aromatic rings. The summed E-state index contributed by atoms with van der Waals surface area (Å²) >= 11 is 0. The van der Waals surface area contributed by atoms with E-state index < -0.39 is 0 Å². The van der Waals surface area contributed by atoms with Crippen LogP contribution in [0.25, 0.3) is 0 Å². The van der Waals surface area contributed by atoms with E-state index in [1.54, 1.807) is 7.11 Å². The van der Waals surface area contributed by atoms with Crippen LogP contribution in [0.1, 0.15) is 40.0 Å². The maximum Gasteiger partial charge on any atom is 0.0600 e. The van der Waals surface area contributed by atoms with Crippen LogP contribution in [0.4, 0.5) is 0 Å². The molecule has 1 aliphatic rings. The van der Waals surface area contributed by atoms with E-state index in [4.69, 9.17) is 4.74 Å². The van der Waals surface area contributed by atoms with Crippen LogP contribution in [0.3, 0.4) is 0 Å². The van der Waals surface area contributed by atoms with Crippen molar-refractivity contribution in [1.29, 1.82) is 0 Å². The first-order valence-electron chi connectivity index (χ1n) is 6.36. The first-order chi connectivity index (χ1) is 7.45. The van der Waals surface area contributed by atoms with Gasteiger partial charge in [-0.15, -0.1) is 0 Å². The Kier molecular flexibility index (Phi) is 5.22. The molecule has 1 rings (SSSR count). The second kappa shape index (κ2) is 5.99. The third-order valence-corrected chi connectivity index (χ3v) is 3.34. The monoisotopic (exact) mass is 229 g/mol. The first-order valence-corrected chi connectivity index (χ1v) is 6.36. The van der Waals surface area contributed by atoms with Crippen LogP contribution in [0.5, 0.6) is 0 Å². The molecule has 0 radical (unpaired) electrons. The largest absolute Gasteiger partial charge is 0.393 e. The van der Waals surface area contributed by atoms with Crippen molar-refractivity contribution in [2.45, 2.75) is 52.2 Å². The summed E-state index contributed by atoms with van der Waals surface area (Å²) in [4.78, 5) is 2.46. The zero-order chi connectivity index (χ0) is 12.2. The van der Waals surface area contributed by atoms with Crippen molar-refractivity contribution < 1.29 is 9.84 Å². The molecule has 0 saturated heterocycles. The molecule has 16 heavy (non-hydrogen) atoms. The Bertz CT molecular complexity index is 197. The second-order valence-electron chi connectivity index (χ2n) is 5.93. The summed E-state index contributed by atoms with van der Waals surface area (Å²) in [6.07, 6.45) is 3.28. The predicted octanol–water partition coefficient (Wildman–Crippen LogP) is 1.89. The fraction of sp³-hybridized carbons (Fsp3) is 1.00. The molecule has 1 atom stereocenters. The Morgan fingerprint density at radius 1 is 1.31 bits per heavy atom. The third-order valence-electron chi connectivity index (χ3n) is 3.34. The lowest BCUT2D eigenvalue weighted by Crippen LogP contribution is -2.35. The molecule has 1 unspecified atom stereocenters. The smallest absolute Gasteiger partial charge is 0.0600 e. The second-order valence-corrected chi connectivity index (χ2v) is 5.93. The van der Waals surface area contributed by atoms with Gasteiger partial charge in [-0.25, -0.2) is 0 Å². The normalized spacial score (nSPS) is 19.1. The van der Waals surface area contributed by atoms with E-state index in [1.807, 2.05) is 0 Å². The minimum absolute atomic E-state index is 0.00349. The minimum atomic E-state index is -0.212. The van der Waals surface area contributed by atoms with Gasteiger partial charge in [-0.1, -0.05) is 20.8 Å². The van der Waals surface area contributed by atoms with E-state index in [2.05, 4.69) is 25.7 Å². The van der Waals surface area contributed by atoms with Gasteiger partial charge in [0.05, 0.1) is 12.7 Å². The van der Waals surface area contributed by atoms with E-state index >= 15 is 0 Å². The fourth-order valence-electron chi connectivity index (χ4n) is 1.85. The summed E-state index contributed by atoms with van der Waals surface area (Å²) in [5.41, 5.74) is -0.00349. The molecule has 0 aliphatic heterocycles. The maximum absolute atomic E-state index is 10.0. The lowest BCUT2D eigenvalue weighted by atomic mass is 9.87. The maximum atomic E-state index is 10.0. The highest BCUT2D eigenvalue weighted by atomic mass is 16.5. The lowest BCUT2D eigenvalue weighted by Gasteiger charge is -2.29. The molecule has 0 bridgehead atoms. The van der Waals surface area contributed by atoms with Crippen LogP contribution in [-0.2, 0) is 4.74 Å².